The lowest BCUT2D eigenvalue weighted by Gasteiger charge is -2.40. The number of hydrogen-bond donors (Lipinski definition) is 1. The Morgan fingerprint density at radius 2 is 2.00 bits per heavy atom. The molecule has 1 aliphatic rings. The number of nitrogens with zero attached hydrogens (tertiary/aromatic N) is 2. The molecule has 0 saturated carbocycles. The third-order valence-corrected chi connectivity index (χ3v) is 3.78. The number of carbonyl (C=O) groups is 2. The molecule has 5 nitrogen and oxygen atoms in total. The quantitative estimate of drug-likeness (QED) is 0.854. The Balaban J connectivity index is 1.87. The van der Waals surface area contributed by atoms with Gasteiger partial charge in [0.2, 0.25) is 5.91 Å². The van der Waals surface area contributed by atoms with E-state index in [-0.39, 0.29) is 11.8 Å². The van der Waals surface area contributed by atoms with E-state index in [2.05, 4.69) is 0 Å². The number of carboxylic acids is 1. The highest BCUT2D eigenvalue weighted by Crippen LogP contribution is 2.24. The summed E-state index contributed by atoms with van der Waals surface area (Å²) in [5.41, 5.74) is 1.42. The molecule has 0 spiro atoms. The number of hydrogen-bond acceptors (Lipinski definition) is 3. The van der Waals surface area contributed by atoms with E-state index >= 15 is 0 Å². The monoisotopic (exact) mass is 284 g/mol. The molecule has 0 aromatic heterocycles. The molecule has 0 bridgehead atoms. The van der Waals surface area contributed by atoms with E-state index in [0.29, 0.717) is 18.7 Å². The molecule has 0 radical (unpaired) electrons. The topological polar surface area (TPSA) is 81.4 Å². The Morgan fingerprint density at radius 1 is 1.38 bits per heavy atom. The van der Waals surface area contributed by atoms with Gasteiger partial charge in [0.1, 0.15) is 0 Å². The van der Waals surface area contributed by atoms with Crippen LogP contribution in [0.5, 0.6) is 0 Å². The lowest BCUT2D eigenvalue weighted by Crippen LogP contribution is -2.53. The van der Waals surface area contributed by atoms with Crippen LogP contribution >= 0.6 is 0 Å². The molecule has 1 fully saturated rings. The number of rotatable bonds is 4. The Hall–Kier alpha value is -2.61. The summed E-state index contributed by atoms with van der Waals surface area (Å²) in [5, 5.41) is 17.6. The van der Waals surface area contributed by atoms with Gasteiger partial charge in [0, 0.05) is 25.1 Å². The minimum absolute atomic E-state index is 0.0368. The van der Waals surface area contributed by atoms with Crippen molar-refractivity contribution in [2.24, 2.45) is 11.8 Å². The van der Waals surface area contributed by atoms with Gasteiger partial charge >= 0.3 is 5.97 Å². The van der Waals surface area contributed by atoms with Crippen molar-refractivity contribution < 1.29 is 14.7 Å². The van der Waals surface area contributed by atoms with Gasteiger partial charge in [0.05, 0.1) is 17.6 Å². The van der Waals surface area contributed by atoms with Crippen LogP contribution in [-0.4, -0.2) is 35.0 Å². The molecule has 1 heterocycles. The molecule has 1 saturated heterocycles. The average molecular weight is 284 g/mol. The SMILES string of the molecule is CC(C(=O)O)C1CN(C(=O)/C=C/c2ccc(C#N)cc2)C1. The predicted octanol–water partition coefficient (Wildman–Crippen LogP) is 1.75. The third-order valence-electron chi connectivity index (χ3n) is 3.78. The van der Waals surface area contributed by atoms with E-state index in [1.165, 1.54) is 6.08 Å². The number of likely N-dealkylation sites (tertiary alicyclic amines) is 1. The molecule has 1 aromatic rings. The first-order chi connectivity index (χ1) is 10.0. The van der Waals surface area contributed by atoms with Crippen molar-refractivity contribution in [2.45, 2.75) is 6.92 Å². The summed E-state index contributed by atoms with van der Waals surface area (Å²) < 4.78 is 0. The first-order valence-electron chi connectivity index (χ1n) is 6.71. The lowest BCUT2D eigenvalue weighted by atomic mass is 9.87. The standard InChI is InChI=1S/C16H16N2O3/c1-11(16(20)21)14-9-18(10-14)15(19)7-6-12-2-4-13(8-17)5-3-12/h2-7,11,14H,9-10H2,1H3,(H,20,21)/b7-6+. The Morgan fingerprint density at radius 3 is 2.52 bits per heavy atom. The zero-order valence-electron chi connectivity index (χ0n) is 11.7. The summed E-state index contributed by atoms with van der Waals surface area (Å²) in [6.07, 6.45) is 3.17. The van der Waals surface area contributed by atoms with Crippen LogP contribution in [0.2, 0.25) is 0 Å². The van der Waals surface area contributed by atoms with E-state index in [9.17, 15) is 9.59 Å². The molecule has 1 N–H and O–H groups in total. The fourth-order valence-corrected chi connectivity index (χ4v) is 2.15. The van der Waals surface area contributed by atoms with Gasteiger partial charge in [0.25, 0.3) is 0 Å². The zero-order chi connectivity index (χ0) is 15.4. The molecule has 2 rings (SSSR count). The molecule has 1 amide bonds. The summed E-state index contributed by atoms with van der Waals surface area (Å²) >= 11 is 0. The lowest BCUT2D eigenvalue weighted by molar-refractivity contribution is -0.148. The Kier molecular flexibility index (Phi) is 4.39. The zero-order valence-corrected chi connectivity index (χ0v) is 11.7. The molecular weight excluding hydrogens is 268 g/mol. The summed E-state index contributed by atoms with van der Waals surface area (Å²) in [5.74, 6) is -1.32. The molecular formula is C16H16N2O3. The number of carbonyl (C=O) groups excluding carboxylic acids is 1. The molecule has 5 heteroatoms. The highest BCUT2D eigenvalue weighted by Gasteiger charge is 2.36. The number of amides is 1. The van der Waals surface area contributed by atoms with Crippen LogP contribution in [0.25, 0.3) is 6.08 Å². The van der Waals surface area contributed by atoms with Crippen LogP contribution < -0.4 is 0 Å². The first kappa shape index (κ1) is 14.8. The van der Waals surface area contributed by atoms with Crippen molar-refractivity contribution in [1.82, 2.24) is 4.90 Å². The fourth-order valence-electron chi connectivity index (χ4n) is 2.15. The smallest absolute Gasteiger partial charge is 0.306 e. The van der Waals surface area contributed by atoms with Crippen LogP contribution in [0.4, 0.5) is 0 Å². The maximum absolute atomic E-state index is 11.9. The van der Waals surface area contributed by atoms with Gasteiger partial charge in [-0.15, -0.1) is 0 Å². The van der Waals surface area contributed by atoms with Gasteiger partial charge in [0.15, 0.2) is 0 Å². The largest absolute Gasteiger partial charge is 0.481 e. The molecule has 0 aliphatic carbocycles. The van der Waals surface area contributed by atoms with Crippen molar-refractivity contribution in [3.8, 4) is 6.07 Å². The first-order valence-corrected chi connectivity index (χ1v) is 6.71. The van der Waals surface area contributed by atoms with Crippen LogP contribution in [0, 0.1) is 23.2 Å². The van der Waals surface area contributed by atoms with Crippen LogP contribution in [-0.2, 0) is 9.59 Å². The van der Waals surface area contributed by atoms with E-state index in [1.807, 2.05) is 6.07 Å². The second-order valence-corrected chi connectivity index (χ2v) is 5.20. The highest BCUT2D eigenvalue weighted by atomic mass is 16.4. The van der Waals surface area contributed by atoms with E-state index in [1.54, 1.807) is 42.2 Å². The molecule has 1 aliphatic heterocycles. The summed E-state index contributed by atoms with van der Waals surface area (Å²) in [6.45, 7) is 2.65. The van der Waals surface area contributed by atoms with Crippen LogP contribution in [0.3, 0.4) is 0 Å². The number of nitriles is 1. The molecule has 1 atom stereocenters. The highest BCUT2D eigenvalue weighted by molar-refractivity contribution is 5.92. The summed E-state index contributed by atoms with van der Waals surface area (Å²) in [6, 6.07) is 8.96. The van der Waals surface area contributed by atoms with Crippen molar-refractivity contribution in [1.29, 1.82) is 5.26 Å². The minimum Gasteiger partial charge on any atom is -0.481 e. The summed E-state index contributed by atoms with van der Waals surface area (Å²) in [4.78, 5) is 24.4. The van der Waals surface area contributed by atoms with E-state index in [4.69, 9.17) is 10.4 Å². The minimum atomic E-state index is -0.819. The third kappa shape index (κ3) is 3.48. The van der Waals surface area contributed by atoms with E-state index in [0.717, 1.165) is 5.56 Å². The Labute approximate surface area is 123 Å². The predicted molar refractivity (Wildman–Crippen MR) is 77.1 cm³/mol. The second-order valence-electron chi connectivity index (χ2n) is 5.20. The van der Waals surface area contributed by atoms with Crippen LogP contribution in [0.1, 0.15) is 18.1 Å². The van der Waals surface area contributed by atoms with Crippen molar-refractivity contribution in [3.63, 3.8) is 0 Å². The maximum atomic E-state index is 11.9. The molecule has 1 aromatic carbocycles. The molecule has 1 unspecified atom stereocenters. The van der Waals surface area contributed by atoms with Crippen molar-refractivity contribution in [3.05, 3.63) is 41.5 Å². The van der Waals surface area contributed by atoms with E-state index < -0.39 is 11.9 Å². The molecule has 108 valence electrons. The van der Waals surface area contributed by atoms with Gasteiger partial charge in [-0.25, -0.2) is 0 Å². The van der Waals surface area contributed by atoms with Gasteiger partial charge < -0.3 is 10.0 Å². The van der Waals surface area contributed by atoms with Gasteiger partial charge in [-0.3, -0.25) is 9.59 Å². The van der Waals surface area contributed by atoms with Gasteiger partial charge in [-0.2, -0.15) is 5.26 Å². The maximum Gasteiger partial charge on any atom is 0.306 e. The number of carboxylic acid groups (broad SMARTS) is 1. The van der Waals surface area contributed by atoms with Gasteiger partial charge in [-0.1, -0.05) is 19.1 Å². The fraction of sp³-hybridized carbons (Fsp3) is 0.312. The summed E-state index contributed by atoms with van der Waals surface area (Å²) in [7, 11) is 0. The van der Waals surface area contributed by atoms with Gasteiger partial charge in [-0.05, 0) is 23.8 Å². The number of aliphatic carboxylic acids is 1. The molecule has 21 heavy (non-hydrogen) atoms. The average Bonchev–Trinajstić information content (AvgIpc) is 2.43. The van der Waals surface area contributed by atoms with Crippen LogP contribution in [0.15, 0.2) is 30.3 Å². The number of benzene rings is 1. The normalized spacial score (nSPS) is 16.3. The van der Waals surface area contributed by atoms with Crippen molar-refractivity contribution >= 4 is 18.0 Å². The Bertz CT molecular complexity index is 607. The second kappa shape index (κ2) is 6.23. The van der Waals surface area contributed by atoms with Crippen molar-refractivity contribution in [2.75, 3.05) is 13.1 Å².